The molecule has 0 unspecified atom stereocenters. The Bertz CT molecular complexity index is 382. The van der Waals surface area contributed by atoms with E-state index in [1.165, 1.54) is 0 Å². The fourth-order valence-corrected chi connectivity index (χ4v) is 1.34. The van der Waals surface area contributed by atoms with Crippen molar-refractivity contribution in [1.29, 1.82) is 0 Å². The lowest BCUT2D eigenvalue weighted by atomic mass is 10.2. The fourth-order valence-electron chi connectivity index (χ4n) is 1.34. The van der Waals surface area contributed by atoms with Crippen LogP contribution in [0.5, 0.6) is 0 Å². The van der Waals surface area contributed by atoms with E-state index in [2.05, 4.69) is 10.4 Å². The van der Waals surface area contributed by atoms with Gasteiger partial charge in [0.05, 0.1) is 5.69 Å². The lowest BCUT2D eigenvalue weighted by Crippen LogP contribution is -2.15. The predicted octanol–water partition coefficient (Wildman–Crippen LogP) is 0.931. The molecule has 0 amide bonds. The lowest BCUT2D eigenvalue weighted by Gasteiger charge is -2.00. The second-order valence-corrected chi connectivity index (χ2v) is 3.50. The van der Waals surface area contributed by atoms with Crippen molar-refractivity contribution >= 4 is 5.97 Å². The highest BCUT2D eigenvalue weighted by molar-refractivity contribution is 5.86. The first-order chi connectivity index (χ1) is 7.63. The van der Waals surface area contributed by atoms with Crippen LogP contribution in [0.1, 0.15) is 19.0 Å². The van der Waals surface area contributed by atoms with Gasteiger partial charge in [0.15, 0.2) is 0 Å². The number of aliphatic carboxylic acids is 1. The first kappa shape index (κ1) is 12.4. The van der Waals surface area contributed by atoms with Gasteiger partial charge >= 0.3 is 5.97 Å². The van der Waals surface area contributed by atoms with Gasteiger partial charge in [-0.15, -0.1) is 0 Å². The van der Waals surface area contributed by atoms with Crippen LogP contribution in [-0.4, -0.2) is 27.4 Å². The van der Waals surface area contributed by atoms with E-state index in [4.69, 9.17) is 5.11 Å². The zero-order valence-corrected chi connectivity index (χ0v) is 9.60. The minimum atomic E-state index is -0.845. The van der Waals surface area contributed by atoms with Gasteiger partial charge in [0.2, 0.25) is 0 Å². The van der Waals surface area contributed by atoms with E-state index in [1.54, 1.807) is 10.8 Å². The largest absolute Gasteiger partial charge is 0.478 e. The Hall–Kier alpha value is -1.62. The Morgan fingerprint density at radius 3 is 2.94 bits per heavy atom. The number of hydrogen-bond donors (Lipinski definition) is 2. The average Bonchev–Trinajstić information content (AvgIpc) is 2.64. The molecule has 0 aromatic carbocycles. The molecule has 0 radical (unpaired) electrons. The van der Waals surface area contributed by atoms with Crippen LogP contribution in [0.15, 0.2) is 23.9 Å². The molecule has 5 heteroatoms. The van der Waals surface area contributed by atoms with Crippen molar-refractivity contribution in [2.75, 3.05) is 6.54 Å². The molecule has 0 aliphatic carbocycles. The Kier molecular flexibility index (Phi) is 4.72. The zero-order valence-electron chi connectivity index (χ0n) is 9.60. The third-order valence-electron chi connectivity index (χ3n) is 2.22. The van der Waals surface area contributed by atoms with Gasteiger partial charge in [-0.3, -0.25) is 4.68 Å². The Morgan fingerprint density at radius 1 is 1.69 bits per heavy atom. The molecule has 0 spiro atoms. The van der Waals surface area contributed by atoms with Crippen LogP contribution < -0.4 is 5.32 Å². The topological polar surface area (TPSA) is 67.2 Å². The summed E-state index contributed by atoms with van der Waals surface area (Å²) < 4.78 is 1.74. The molecule has 2 N–H and O–H groups in total. The van der Waals surface area contributed by atoms with Gasteiger partial charge in [-0.05, 0) is 12.5 Å². The fraction of sp³-hybridized carbons (Fsp3) is 0.455. The van der Waals surface area contributed by atoms with Crippen LogP contribution in [0.4, 0.5) is 0 Å². The second kappa shape index (κ2) is 6.07. The van der Waals surface area contributed by atoms with Crippen LogP contribution in [-0.2, 0) is 18.4 Å². The van der Waals surface area contributed by atoms with E-state index in [1.807, 2.05) is 26.2 Å². The molecular weight excluding hydrogens is 206 g/mol. The Balaban J connectivity index is 2.33. The molecule has 88 valence electrons. The molecule has 0 aliphatic rings. The van der Waals surface area contributed by atoms with Crippen LogP contribution in [0.2, 0.25) is 0 Å². The monoisotopic (exact) mass is 223 g/mol. The quantitative estimate of drug-likeness (QED) is 0.556. The molecule has 16 heavy (non-hydrogen) atoms. The summed E-state index contributed by atoms with van der Waals surface area (Å²) in [5.74, 6) is -0.845. The van der Waals surface area contributed by atoms with Crippen LogP contribution >= 0.6 is 0 Å². The Labute approximate surface area is 94.8 Å². The van der Waals surface area contributed by atoms with E-state index in [9.17, 15) is 4.79 Å². The average molecular weight is 223 g/mol. The normalized spacial score (nSPS) is 11.8. The van der Waals surface area contributed by atoms with Crippen molar-refractivity contribution in [3.8, 4) is 0 Å². The van der Waals surface area contributed by atoms with Gasteiger partial charge in [-0.2, -0.15) is 5.10 Å². The number of nitrogens with one attached hydrogen (secondary N) is 1. The SMILES string of the molecule is CC/C(=C/CNCc1ccn(C)n1)C(=O)O. The third-order valence-corrected chi connectivity index (χ3v) is 2.22. The minimum Gasteiger partial charge on any atom is -0.478 e. The summed E-state index contributed by atoms with van der Waals surface area (Å²) in [6, 6.07) is 1.93. The predicted molar refractivity (Wildman–Crippen MR) is 60.9 cm³/mol. The summed E-state index contributed by atoms with van der Waals surface area (Å²) in [6.45, 7) is 3.03. The van der Waals surface area contributed by atoms with E-state index in [-0.39, 0.29) is 0 Å². The van der Waals surface area contributed by atoms with Crippen LogP contribution in [0.25, 0.3) is 0 Å². The van der Waals surface area contributed by atoms with Crippen LogP contribution in [0, 0.1) is 0 Å². The van der Waals surface area contributed by atoms with E-state index >= 15 is 0 Å². The van der Waals surface area contributed by atoms with Crippen LogP contribution in [0.3, 0.4) is 0 Å². The van der Waals surface area contributed by atoms with E-state index < -0.39 is 5.97 Å². The molecule has 1 heterocycles. The number of rotatable bonds is 6. The number of carboxylic acid groups (broad SMARTS) is 1. The standard InChI is InChI=1S/C11H17N3O2/c1-3-9(11(15)16)4-6-12-8-10-5-7-14(2)13-10/h4-5,7,12H,3,6,8H2,1-2H3,(H,15,16)/b9-4-. The molecule has 0 aliphatic heterocycles. The second-order valence-electron chi connectivity index (χ2n) is 3.50. The molecular formula is C11H17N3O2. The molecule has 0 atom stereocenters. The maximum absolute atomic E-state index is 10.7. The summed E-state index contributed by atoms with van der Waals surface area (Å²) in [5.41, 5.74) is 1.39. The lowest BCUT2D eigenvalue weighted by molar-refractivity contribution is -0.132. The molecule has 0 saturated carbocycles. The van der Waals surface area contributed by atoms with E-state index in [0.29, 0.717) is 25.1 Å². The number of nitrogens with zero attached hydrogens (tertiary/aromatic N) is 2. The minimum absolute atomic E-state index is 0.438. The van der Waals surface area contributed by atoms with Crippen molar-refractivity contribution in [1.82, 2.24) is 15.1 Å². The summed E-state index contributed by atoms with van der Waals surface area (Å²) in [4.78, 5) is 10.7. The highest BCUT2D eigenvalue weighted by Crippen LogP contribution is 1.99. The molecule has 1 aromatic rings. The van der Waals surface area contributed by atoms with Crippen molar-refractivity contribution in [2.45, 2.75) is 19.9 Å². The van der Waals surface area contributed by atoms with Crippen molar-refractivity contribution in [3.63, 3.8) is 0 Å². The maximum atomic E-state index is 10.7. The van der Waals surface area contributed by atoms with Crippen molar-refractivity contribution in [3.05, 3.63) is 29.6 Å². The molecule has 5 nitrogen and oxygen atoms in total. The first-order valence-corrected chi connectivity index (χ1v) is 5.25. The number of carbonyl (C=O) groups is 1. The number of hydrogen-bond acceptors (Lipinski definition) is 3. The van der Waals surface area contributed by atoms with E-state index in [0.717, 1.165) is 5.69 Å². The van der Waals surface area contributed by atoms with Crippen molar-refractivity contribution in [2.24, 2.45) is 7.05 Å². The van der Waals surface area contributed by atoms with Gasteiger partial charge < -0.3 is 10.4 Å². The zero-order chi connectivity index (χ0) is 12.0. The van der Waals surface area contributed by atoms with Gasteiger partial charge in [-0.25, -0.2) is 4.79 Å². The summed E-state index contributed by atoms with van der Waals surface area (Å²) in [6.07, 6.45) is 4.12. The number of carboxylic acids is 1. The van der Waals surface area contributed by atoms with Crippen molar-refractivity contribution < 1.29 is 9.90 Å². The highest BCUT2D eigenvalue weighted by atomic mass is 16.4. The summed E-state index contributed by atoms with van der Waals surface area (Å²) >= 11 is 0. The van der Waals surface area contributed by atoms with Gasteiger partial charge in [-0.1, -0.05) is 13.0 Å². The highest BCUT2D eigenvalue weighted by Gasteiger charge is 2.02. The molecule has 1 rings (SSSR count). The molecule has 0 fully saturated rings. The summed E-state index contributed by atoms with van der Waals surface area (Å²) in [5, 5.41) is 16.1. The molecule has 0 saturated heterocycles. The van der Waals surface area contributed by atoms with Gasteiger partial charge in [0.1, 0.15) is 0 Å². The first-order valence-electron chi connectivity index (χ1n) is 5.25. The summed E-state index contributed by atoms with van der Waals surface area (Å²) in [7, 11) is 1.86. The molecule has 0 bridgehead atoms. The Morgan fingerprint density at radius 2 is 2.44 bits per heavy atom. The number of aromatic nitrogens is 2. The molecule has 1 aromatic heterocycles. The number of aryl methyl sites for hydroxylation is 1. The van der Waals surface area contributed by atoms with Gasteiger partial charge in [0, 0.05) is 31.9 Å². The maximum Gasteiger partial charge on any atom is 0.331 e. The smallest absolute Gasteiger partial charge is 0.331 e. The van der Waals surface area contributed by atoms with Gasteiger partial charge in [0.25, 0.3) is 0 Å². The third kappa shape index (κ3) is 3.86.